The van der Waals surface area contributed by atoms with Crippen molar-refractivity contribution in [2.24, 2.45) is 0 Å². The van der Waals surface area contributed by atoms with Crippen LogP contribution in [0.2, 0.25) is 0 Å². The van der Waals surface area contributed by atoms with Gasteiger partial charge in [0, 0.05) is 12.2 Å². The maximum Gasteiger partial charge on any atom is 0.141 e. The molecule has 0 saturated carbocycles. The second kappa shape index (κ2) is 5.70. The summed E-state index contributed by atoms with van der Waals surface area (Å²) in [4.78, 5) is 3.82. The Morgan fingerprint density at radius 2 is 2.29 bits per heavy atom. The average molecular weight is 196 g/mol. The Morgan fingerprint density at radius 1 is 1.50 bits per heavy atom. The first-order valence-corrected chi connectivity index (χ1v) is 5.08. The van der Waals surface area contributed by atoms with Crippen LogP contribution in [-0.4, -0.2) is 11.5 Å². The van der Waals surface area contributed by atoms with Gasteiger partial charge in [0.25, 0.3) is 0 Å². The molecule has 0 spiro atoms. The van der Waals surface area contributed by atoms with Crippen LogP contribution in [0, 0.1) is 5.82 Å². The summed E-state index contributed by atoms with van der Waals surface area (Å²) in [7, 11) is 0. The van der Waals surface area contributed by atoms with Crippen LogP contribution in [0.4, 0.5) is 4.39 Å². The van der Waals surface area contributed by atoms with Gasteiger partial charge in [0.1, 0.15) is 5.82 Å². The van der Waals surface area contributed by atoms with Gasteiger partial charge in [0.05, 0.1) is 6.20 Å². The molecule has 2 nitrogen and oxygen atoms in total. The van der Waals surface area contributed by atoms with Crippen LogP contribution in [0.15, 0.2) is 18.5 Å². The lowest BCUT2D eigenvalue weighted by molar-refractivity contribution is 0.545. The number of unbranched alkanes of at least 4 members (excludes halogenated alkanes) is 1. The normalized spacial score (nSPS) is 12.8. The van der Waals surface area contributed by atoms with Crippen LogP contribution in [0.1, 0.15) is 38.3 Å². The van der Waals surface area contributed by atoms with Gasteiger partial charge in [0.15, 0.2) is 0 Å². The Balaban J connectivity index is 2.47. The van der Waals surface area contributed by atoms with Crippen molar-refractivity contribution in [2.45, 2.75) is 32.7 Å². The fourth-order valence-corrected chi connectivity index (χ4v) is 1.28. The third-order valence-corrected chi connectivity index (χ3v) is 2.21. The summed E-state index contributed by atoms with van der Waals surface area (Å²) in [5.41, 5.74) is 0.904. The highest BCUT2D eigenvalue weighted by molar-refractivity contribution is 5.13. The van der Waals surface area contributed by atoms with E-state index in [1.165, 1.54) is 18.7 Å². The smallest absolute Gasteiger partial charge is 0.141 e. The highest BCUT2D eigenvalue weighted by Crippen LogP contribution is 2.11. The third kappa shape index (κ3) is 3.42. The van der Waals surface area contributed by atoms with E-state index in [-0.39, 0.29) is 11.9 Å². The van der Waals surface area contributed by atoms with E-state index in [1.807, 2.05) is 6.92 Å². The predicted octanol–water partition coefficient (Wildman–Crippen LogP) is 2.67. The highest BCUT2D eigenvalue weighted by Gasteiger charge is 2.04. The van der Waals surface area contributed by atoms with E-state index in [9.17, 15) is 4.39 Å². The number of halogens is 1. The largest absolute Gasteiger partial charge is 0.310 e. The maximum absolute atomic E-state index is 12.8. The van der Waals surface area contributed by atoms with Crippen molar-refractivity contribution in [3.8, 4) is 0 Å². The minimum atomic E-state index is -0.272. The zero-order chi connectivity index (χ0) is 10.4. The Bertz CT molecular complexity index is 276. The minimum absolute atomic E-state index is 0.171. The second-order valence-corrected chi connectivity index (χ2v) is 3.47. The lowest BCUT2D eigenvalue weighted by Gasteiger charge is -2.13. The summed E-state index contributed by atoms with van der Waals surface area (Å²) >= 11 is 0. The summed E-state index contributed by atoms with van der Waals surface area (Å²) in [6, 6.07) is 1.70. The predicted molar refractivity (Wildman–Crippen MR) is 55.5 cm³/mol. The minimum Gasteiger partial charge on any atom is -0.310 e. The topological polar surface area (TPSA) is 24.9 Å². The van der Waals surface area contributed by atoms with E-state index in [0.717, 1.165) is 18.5 Å². The maximum atomic E-state index is 12.8. The first kappa shape index (κ1) is 11.1. The van der Waals surface area contributed by atoms with E-state index in [2.05, 4.69) is 17.2 Å². The Kier molecular flexibility index (Phi) is 4.53. The third-order valence-electron chi connectivity index (χ3n) is 2.21. The van der Waals surface area contributed by atoms with Crippen LogP contribution in [0.25, 0.3) is 0 Å². The molecule has 0 fully saturated rings. The molecule has 1 aromatic heterocycles. The number of hydrogen-bond acceptors (Lipinski definition) is 2. The molecule has 0 aliphatic rings. The van der Waals surface area contributed by atoms with Crippen LogP contribution < -0.4 is 5.32 Å². The number of nitrogens with one attached hydrogen (secondary N) is 1. The van der Waals surface area contributed by atoms with Crippen LogP contribution >= 0.6 is 0 Å². The number of aromatic nitrogens is 1. The Labute approximate surface area is 84.6 Å². The van der Waals surface area contributed by atoms with E-state index in [0.29, 0.717) is 0 Å². The number of pyridine rings is 1. The van der Waals surface area contributed by atoms with Crippen molar-refractivity contribution in [2.75, 3.05) is 6.54 Å². The summed E-state index contributed by atoms with van der Waals surface area (Å²) < 4.78 is 12.8. The summed E-state index contributed by atoms with van der Waals surface area (Å²) in [5, 5.41) is 3.32. The Morgan fingerprint density at radius 3 is 2.93 bits per heavy atom. The number of rotatable bonds is 5. The van der Waals surface area contributed by atoms with E-state index in [4.69, 9.17) is 0 Å². The quantitative estimate of drug-likeness (QED) is 0.732. The molecule has 3 heteroatoms. The molecule has 1 aromatic rings. The lowest BCUT2D eigenvalue weighted by Crippen LogP contribution is -2.19. The Hall–Kier alpha value is -0.960. The zero-order valence-corrected chi connectivity index (χ0v) is 8.76. The average Bonchev–Trinajstić information content (AvgIpc) is 2.18. The molecule has 0 radical (unpaired) electrons. The first-order chi connectivity index (χ1) is 6.74. The van der Waals surface area contributed by atoms with E-state index < -0.39 is 0 Å². The summed E-state index contributed by atoms with van der Waals surface area (Å²) in [6.45, 7) is 5.14. The summed E-state index contributed by atoms with van der Waals surface area (Å²) in [6.07, 6.45) is 5.24. The molecule has 0 aliphatic carbocycles. The van der Waals surface area contributed by atoms with Crippen molar-refractivity contribution in [1.82, 2.24) is 10.3 Å². The van der Waals surface area contributed by atoms with Gasteiger partial charge in [-0.15, -0.1) is 0 Å². The van der Waals surface area contributed by atoms with Gasteiger partial charge in [-0.2, -0.15) is 0 Å². The SMILES string of the molecule is CCCCNC(C)c1cncc(F)c1. The van der Waals surface area contributed by atoms with Crippen molar-refractivity contribution in [1.29, 1.82) is 0 Å². The highest BCUT2D eigenvalue weighted by atomic mass is 19.1. The van der Waals surface area contributed by atoms with Crippen molar-refractivity contribution in [3.63, 3.8) is 0 Å². The number of hydrogen-bond donors (Lipinski definition) is 1. The van der Waals surface area contributed by atoms with Crippen LogP contribution in [0.5, 0.6) is 0 Å². The van der Waals surface area contributed by atoms with E-state index >= 15 is 0 Å². The lowest BCUT2D eigenvalue weighted by atomic mass is 10.1. The fourth-order valence-electron chi connectivity index (χ4n) is 1.28. The second-order valence-electron chi connectivity index (χ2n) is 3.47. The van der Waals surface area contributed by atoms with Crippen LogP contribution in [0.3, 0.4) is 0 Å². The fraction of sp³-hybridized carbons (Fsp3) is 0.545. The van der Waals surface area contributed by atoms with Crippen molar-refractivity contribution < 1.29 is 4.39 Å². The first-order valence-electron chi connectivity index (χ1n) is 5.08. The van der Waals surface area contributed by atoms with Gasteiger partial charge in [-0.3, -0.25) is 4.98 Å². The molecule has 0 aliphatic heterocycles. The molecular formula is C11H17FN2. The molecule has 78 valence electrons. The molecule has 1 heterocycles. The van der Waals surface area contributed by atoms with Crippen LogP contribution in [-0.2, 0) is 0 Å². The standard InChI is InChI=1S/C11H17FN2/c1-3-4-5-14-9(2)10-6-11(12)8-13-7-10/h6-9,14H,3-5H2,1-2H3. The van der Waals surface area contributed by atoms with Gasteiger partial charge >= 0.3 is 0 Å². The zero-order valence-electron chi connectivity index (χ0n) is 8.76. The molecule has 0 saturated heterocycles. The molecular weight excluding hydrogens is 179 g/mol. The van der Waals surface area contributed by atoms with Gasteiger partial charge < -0.3 is 5.32 Å². The molecule has 1 atom stereocenters. The van der Waals surface area contributed by atoms with Gasteiger partial charge in [-0.05, 0) is 31.5 Å². The molecule has 14 heavy (non-hydrogen) atoms. The van der Waals surface area contributed by atoms with E-state index in [1.54, 1.807) is 6.20 Å². The number of nitrogens with zero attached hydrogens (tertiary/aromatic N) is 1. The van der Waals surface area contributed by atoms with Crippen molar-refractivity contribution >= 4 is 0 Å². The molecule has 0 bridgehead atoms. The monoisotopic (exact) mass is 196 g/mol. The summed E-state index contributed by atoms with van der Waals surface area (Å²) in [5.74, 6) is -0.272. The molecule has 1 rings (SSSR count). The molecule has 1 N–H and O–H groups in total. The molecule has 1 unspecified atom stereocenters. The van der Waals surface area contributed by atoms with Gasteiger partial charge in [-0.25, -0.2) is 4.39 Å². The van der Waals surface area contributed by atoms with Gasteiger partial charge in [0.2, 0.25) is 0 Å². The molecule has 0 amide bonds. The van der Waals surface area contributed by atoms with Crippen molar-refractivity contribution in [3.05, 3.63) is 29.8 Å². The van der Waals surface area contributed by atoms with Gasteiger partial charge in [-0.1, -0.05) is 13.3 Å². The molecule has 0 aromatic carbocycles.